The molecule has 1 aromatic rings. The van der Waals surface area contributed by atoms with Crippen molar-refractivity contribution < 1.29 is 19.0 Å². The predicted octanol–water partition coefficient (Wildman–Crippen LogP) is 0.618. The van der Waals surface area contributed by atoms with Crippen LogP contribution in [0, 0.1) is 0 Å². The smallest absolute Gasteiger partial charge is 0.341 e. The van der Waals surface area contributed by atoms with Gasteiger partial charge < -0.3 is 19.9 Å². The first-order chi connectivity index (χ1) is 8.22. The number of anilines is 1. The molecule has 0 spiro atoms. The minimum atomic E-state index is -0.493. The van der Waals surface area contributed by atoms with Crippen molar-refractivity contribution in [3.63, 3.8) is 0 Å². The molecule has 0 amide bonds. The van der Waals surface area contributed by atoms with E-state index in [-0.39, 0.29) is 23.2 Å². The maximum Gasteiger partial charge on any atom is 0.341 e. The van der Waals surface area contributed by atoms with Crippen LogP contribution >= 0.6 is 0 Å². The number of nitrogens with two attached hydrogens (primary N) is 1. The third-order valence-corrected chi connectivity index (χ3v) is 2.51. The fraction of sp³-hybridized carbons (Fsp3) is 0.455. The Hall–Kier alpha value is -1.82. The first-order valence-corrected chi connectivity index (χ1v) is 5.29. The number of nitrogens with zero attached hydrogens (tertiary/aromatic N) is 1. The molecule has 6 nitrogen and oxygen atoms in total. The zero-order valence-electron chi connectivity index (χ0n) is 9.51. The Morgan fingerprint density at radius 1 is 1.65 bits per heavy atom. The average Bonchev–Trinajstić information content (AvgIpc) is 2.83. The first-order valence-electron chi connectivity index (χ1n) is 5.29. The molecule has 1 saturated heterocycles. The van der Waals surface area contributed by atoms with Crippen LogP contribution in [0.3, 0.4) is 0 Å². The molecule has 0 aromatic carbocycles. The van der Waals surface area contributed by atoms with Crippen LogP contribution in [0.4, 0.5) is 5.82 Å². The Morgan fingerprint density at radius 3 is 3.12 bits per heavy atom. The largest absolute Gasteiger partial charge is 0.483 e. The van der Waals surface area contributed by atoms with E-state index in [9.17, 15) is 4.79 Å². The van der Waals surface area contributed by atoms with E-state index < -0.39 is 5.97 Å². The molecular weight excluding hydrogens is 224 g/mol. The summed E-state index contributed by atoms with van der Waals surface area (Å²) in [5.74, 6) is -0.0392. The number of hydrogen-bond donors (Lipinski definition) is 1. The number of esters is 1. The number of carbonyl (C=O) groups excluding carboxylic acids is 1. The molecule has 92 valence electrons. The third-order valence-electron chi connectivity index (χ3n) is 2.51. The monoisotopic (exact) mass is 238 g/mol. The summed E-state index contributed by atoms with van der Waals surface area (Å²) >= 11 is 0. The van der Waals surface area contributed by atoms with E-state index in [0.29, 0.717) is 13.2 Å². The molecule has 1 aliphatic heterocycles. The summed E-state index contributed by atoms with van der Waals surface area (Å²) in [5, 5.41) is 0. The highest BCUT2D eigenvalue weighted by molar-refractivity contribution is 5.93. The fourth-order valence-corrected chi connectivity index (χ4v) is 1.63. The molecule has 0 bridgehead atoms. The molecular formula is C11H14N2O4. The van der Waals surface area contributed by atoms with Gasteiger partial charge in [0.2, 0.25) is 0 Å². The van der Waals surface area contributed by atoms with Gasteiger partial charge in [-0.1, -0.05) is 0 Å². The predicted molar refractivity (Wildman–Crippen MR) is 59.8 cm³/mol. The highest BCUT2D eigenvalue weighted by Crippen LogP contribution is 2.27. The van der Waals surface area contributed by atoms with Gasteiger partial charge in [0.05, 0.1) is 20.3 Å². The maximum atomic E-state index is 11.5. The minimum absolute atomic E-state index is 0.0927. The molecule has 0 aliphatic carbocycles. The second kappa shape index (κ2) is 5.01. The fourth-order valence-electron chi connectivity index (χ4n) is 1.63. The summed E-state index contributed by atoms with van der Waals surface area (Å²) in [6.45, 7) is 1.15. The summed E-state index contributed by atoms with van der Waals surface area (Å²) in [7, 11) is 1.31. The van der Waals surface area contributed by atoms with Gasteiger partial charge in [0, 0.05) is 12.6 Å². The summed E-state index contributed by atoms with van der Waals surface area (Å²) in [4.78, 5) is 15.4. The lowest BCUT2D eigenvalue weighted by atomic mass is 10.2. The lowest BCUT2D eigenvalue weighted by molar-refractivity contribution is 0.0591. The molecule has 2 rings (SSSR count). The van der Waals surface area contributed by atoms with E-state index in [0.717, 1.165) is 6.42 Å². The molecule has 6 heteroatoms. The second-order valence-corrected chi connectivity index (χ2v) is 3.67. The van der Waals surface area contributed by atoms with E-state index in [2.05, 4.69) is 9.72 Å². The number of pyridine rings is 1. The highest BCUT2D eigenvalue weighted by Gasteiger charge is 2.23. The molecule has 17 heavy (non-hydrogen) atoms. The van der Waals surface area contributed by atoms with Gasteiger partial charge in [0.1, 0.15) is 11.7 Å². The topological polar surface area (TPSA) is 83.7 Å². The minimum Gasteiger partial charge on any atom is -0.483 e. The maximum absolute atomic E-state index is 11.5. The summed E-state index contributed by atoms with van der Waals surface area (Å²) in [6, 6.07) is 1.52. The van der Waals surface area contributed by atoms with Crippen LogP contribution in [0.1, 0.15) is 16.8 Å². The lowest BCUT2D eigenvalue weighted by Crippen LogP contribution is -2.19. The summed E-state index contributed by atoms with van der Waals surface area (Å²) in [6.07, 6.45) is 2.12. The van der Waals surface area contributed by atoms with E-state index >= 15 is 0 Å². The van der Waals surface area contributed by atoms with Crippen molar-refractivity contribution in [3.8, 4) is 5.75 Å². The molecule has 1 fully saturated rings. The Balaban J connectivity index is 2.26. The highest BCUT2D eigenvalue weighted by atomic mass is 16.6. The summed E-state index contributed by atoms with van der Waals surface area (Å²) < 4.78 is 15.5. The summed E-state index contributed by atoms with van der Waals surface area (Å²) in [5.41, 5.74) is 5.99. The van der Waals surface area contributed by atoms with Crippen molar-refractivity contribution in [3.05, 3.63) is 17.8 Å². The SMILES string of the molecule is COC(=O)c1ccnc(N)c1O[C@H]1CCOC1. The Kier molecular flexibility index (Phi) is 3.43. The third kappa shape index (κ3) is 2.47. The van der Waals surface area contributed by atoms with Gasteiger partial charge in [-0.15, -0.1) is 0 Å². The normalized spacial score (nSPS) is 19.0. The van der Waals surface area contributed by atoms with Crippen LogP contribution in [0.5, 0.6) is 5.75 Å². The molecule has 2 N–H and O–H groups in total. The number of rotatable bonds is 3. The second-order valence-electron chi connectivity index (χ2n) is 3.67. The van der Waals surface area contributed by atoms with E-state index in [1.54, 1.807) is 0 Å². The van der Waals surface area contributed by atoms with Crippen molar-refractivity contribution in [1.29, 1.82) is 0 Å². The number of ether oxygens (including phenoxy) is 3. The van der Waals surface area contributed by atoms with Gasteiger partial charge in [0.15, 0.2) is 11.6 Å². The molecule has 1 aromatic heterocycles. The molecule has 1 aliphatic rings. The molecule has 1 atom stereocenters. The number of aromatic nitrogens is 1. The standard InChI is InChI=1S/C11H14N2O4/c1-15-11(14)8-2-4-13-10(12)9(8)17-7-3-5-16-6-7/h2,4,7H,3,5-6H2,1H3,(H2,12,13)/t7-/m0/s1. The van der Waals surface area contributed by atoms with Gasteiger partial charge in [0.25, 0.3) is 0 Å². The van der Waals surface area contributed by atoms with Crippen LogP contribution in [-0.4, -0.2) is 37.4 Å². The first kappa shape index (κ1) is 11.7. The molecule has 0 unspecified atom stereocenters. The zero-order valence-corrected chi connectivity index (χ0v) is 9.51. The number of hydrogen-bond acceptors (Lipinski definition) is 6. The van der Waals surface area contributed by atoms with E-state index in [4.69, 9.17) is 15.2 Å². The van der Waals surface area contributed by atoms with Gasteiger partial charge in [-0.2, -0.15) is 0 Å². The molecule has 2 heterocycles. The van der Waals surface area contributed by atoms with Crippen molar-refractivity contribution in [2.45, 2.75) is 12.5 Å². The van der Waals surface area contributed by atoms with Gasteiger partial charge in [-0.05, 0) is 6.07 Å². The van der Waals surface area contributed by atoms with E-state index in [1.165, 1.54) is 19.4 Å². The van der Waals surface area contributed by atoms with E-state index in [1.807, 2.05) is 0 Å². The van der Waals surface area contributed by atoms with Crippen molar-refractivity contribution in [2.75, 3.05) is 26.1 Å². The lowest BCUT2D eigenvalue weighted by Gasteiger charge is -2.15. The van der Waals surface area contributed by atoms with Crippen LogP contribution in [0.15, 0.2) is 12.3 Å². The Bertz CT molecular complexity index is 416. The molecule has 0 saturated carbocycles. The van der Waals surface area contributed by atoms with Crippen LogP contribution < -0.4 is 10.5 Å². The molecule has 0 radical (unpaired) electrons. The van der Waals surface area contributed by atoms with Gasteiger partial charge >= 0.3 is 5.97 Å². The van der Waals surface area contributed by atoms with Crippen molar-refractivity contribution in [2.24, 2.45) is 0 Å². The number of methoxy groups -OCH3 is 1. The average molecular weight is 238 g/mol. The number of carbonyl (C=O) groups is 1. The van der Waals surface area contributed by atoms with Crippen LogP contribution in [0.25, 0.3) is 0 Å². The van der Waals surface area contributed by atoms with Crippen LogP contribution in [0.2, 0.25) is 0 Å². The van der Waals surface area contributed by atoms with Gasteiger partial charge in [-0.25, -0.2) is 9.78 Å². The zero-order chi connectivity index (χ0) is 12.3. The Labute approximate surface area is 98.7 Å². The van der Waals surface area contributed by atoms with Crippen LogP contribution in [-0.2, 0) is 9.47 Å². The van der Waals surface area contributed by atoms with Crippen molar-refractivity contribution in [1.82, 2.24) is 4.98 Å². The number of nitrogen functional groups attached to an aromatic ring is 1. The Morgan fingerprint density at radius 2 is 2.47 bits per heavy atom. The van der Waals surface area contributed by atoms with Gasteiger partial charge in [-0.3, -0.25) is 0 Å². The van der Waals surface area contributed by atoms with Crippen molar-refractivity contribution >= 4 is 11.8 Å². The quantitative estimate of drug-likeness (QED) is 0.777.